The van der Waals surface area contributed by atoms with Gasteiger partial charge in [0.1, 0.15) is 6.10 Å². The first-order valence-electron chi connectivity index (χ1n) is 8.02. The van der Waals surface area contributed by atoms with Gasteiger partial charge < -0.3 is 10.1 Å². The Morgan fingerprint density at radius 2 is 1.88 bits per heavy atom. The molecule has 1 atom stereocenters. The number of hydrogen-bond donors (Lipinski definition) is 1. The molecule has 5 nitrogen and oxygen atoms in total. The molecule has 2 aromatic rings. The van der Waals surface area contributed by atoms with Crippen molar-refractivity contribution in [2.24, 2.45) is 0 Å². The van der Waals surface area contributed by atoms with Crippen LogP contribution < -0.4 is 10.2 Å². The van der Waals surface area contributed by atoms with Gasteiger partial charge in [0.05, 0.1) is 6.54 Å². The van der Waals surface area contributed by atoms with Crippen LogP contribution in [-0.2, 0) is 4.74 Å². The quantitative estimate of drug-likeness (QED) is 0.919. The van der Waals surface area contributed by atoms with Crippen molar-refractivity contribution in [1.29, 1.82) is 0 Å². The van der Waals surface area contributed by atoms with Crippen LogP contribution in [0.1, 0.15) is 22.3 Å². The number of cyclic esters (lactones) is 1. The number of nitrogens with zero attached hydrogens (tertiary/aromatic N) is 1. The fourth-order valence-electron chi connectivity index (χ4n) is 2.76. The highest BCUT2D eigenvalue weighted by Gasteiger charge is 2.31. The van der Waals surface area contributed by atoms with Crippen molar-refractivity contribution >= 4 is 17.7 Å². The molecule has 5 heteroatoms. The fourth-order valence-corrected chi connectivity index (χ4v) is 2.76. The van der Waals surface area contributed by atoms with Gasteiger partial charge in [0.15, 0.2) is 0 Å². The third-order valence-corrected chi connectivity index (χ3v) is 4.08. The number of amides is 2. The predicted octanol–water partition coefficient (Wildman–Crippen LogP) is 3.14. The minimum absolute atomic E-state index is 0.0997. The van der Waals surface area contributed by atoms with Crippen molar-refractivity contribution in [3.05, 3.63) is 65.7 Å². The minimum Gasteiger partial charge on any atom is -0.444 e. The van der Waals surface area contributed by atoms with Crippen LogP contribution in [0.5, 0.6) is 0 Å². The number of para-hydroxylation sites is 1. The van der Waals surface area contributed by atoms with Gasteiger partial charge in [-0.05, 0) is 30.7 Å². The van der Waals surface area contributed by atoms with Gasteiger partial charge in [-0.2, -0.15) is 0 Å². The van der Waals surface area contributed by atoms with Crippen LogP contribution in [0.25, 0.3) is 0 Å². The zero-order valence-electron chi connectivity index (χ0n) is 13.6. The molecule has 0 aliphatic carbocycles. The molecule has 0 saturated carbocycles. The maximum Gasteiger partial charge on any atom is 0.414 e. The molecule has 1 aliphatic rings. The van der Waals surface area contributed by atoms with Crippen molar-refractivity contribution in [3.8, 4) is 0 Å². The highest BCUT2D eigenvalue weighted by molar-refractivity contribution is 5.95. The molecule has 1 fully saturated rings. The second kappa shape index (κ2) is 7.17. The number of carbonyl (C=O) groups is 2. The summed E-state index contributed by atoms with van der Waals surface area (Å²) < 4.78 is 5.38. The monoisotopic (exact) mass is 324 g/mol. The van der Waals surface area contributed by atoms with E-state index in [1.54, 1.807) is 11.0 Å². The van der Waals surface area contributed by atoms with Crippen LogP contribution >= 0.6 is 0 Å². The molecule has 0 spiro atoms. The van der Waals surface area contributed by atoms with E-state index in [1.807, 2.05) is 55.5 Å². The topological polar surface area (TPSA) is 58.6 Å². The average Bonchev–Trinajstić information content (AvgIpc) is 2.96. The minimum atomic E-state index is -0.337. The Bertz CT molecular complexity index is 730. The number of rotatable bonds is 5. The standard InChI is InChI=1S/C19H20N2O3/c1-14-7-5-6-10-17(14)18(22)20-12-11-16-13-21(19(23)24-16)15-8-3-2-4-9-15/h2-10,16H,11-13H2,1H3,(H,20,22). The second-order valence-corrected chi connectivity index (χ2v) is 5.81. The van der Waals surface area contributed by atoms with Crippen LogP contribution in [0.2, 0.25) is 0 Å². The number of benzene rings is 2. The normalized spacial score (nSPS) is 16.8. The summed E-state index contributed by atoms with van der Waals surface area (Å²) in [4.78, 5) is 25.7. The van der Waals surface area contributed by atoms with E-state index in [1.165, 1.54) is 0 Å². The van der Waals surface area contributed by atoms with Gasteiger partial charge in [0, 0.05) is 24.2 Å². The lowest BCUT2D eigenvalue weighted by Crippen LogP contribution is -2.29. The molecule has 1 N–H and O–H groups in total. The van der Waals surface area contributed by atoms with Gasteiger partial charge in [-0.1, -0.05) is 36.4 Å². The molecule has 1 unspecified atom stereocenters. The van der Waals surface area contributed by atoms with E-state index < -0.39 is 0 Å². The van der Waals surface area contributed by atoms with E-state index in [-0.39, 0.29) is 18.1 Å². The third kappa shape index (κ3) is 3.56. The highest BCUT2D eigenvalue weighted by atomic mass is 16.6. The van der Waals surface area contributed by atoms with Crippen LogP contribution in [0.15, 0.2) is 54.6 Å². The first-order chi connectivity index (χ1) is 11.6. The molecule has 2 aromatic carbocycles. The molecule has 124 valence electrons. The Labute approximate surface area is 141 Å². The number of aryl methyl sites for hydroxylation is 1. The predicted molar refractivity (Wildman–Crippen MR) is 92.2 cm³/mol. The van der Waals surface area contributed by atoms with Crippen molar-refractivity contribution < 1.29 is 14.3 Å². The Morgan fingerprint density at radius 3 is 2.62 bits per heavy atom. The number of hydrogen-bond acceptors (Lipinski definition) is 3. The largest absolute Gasteiger partial charge is 0.444 e. The van der Waals surface area contributed by atoms with E-state index in [2.05, 4.69) is 5.32 Å². The summed E-state index contributed by atoms with van der Waals surface area (Å²) in [7, 11) is 0. The summed E-state index contributed by atoms with van der Waals surface area (Å²) in [6.07, 6.45) is 0.0403. The molecule has 1 aliphatic heterocycles. The molecule has 2 amide bonds. The summed E-state index contributed by atoms with van der Waals surface area (Å²) >= 11 is 0. The van der Waals surface area contributed by atoms with Crippen molar-refractivity contribution in [3.63, 3.8) is 0 Å². The zero-order chi connectivity index (χ0) is 16.9. The first-order valence-corrected chi connectivity index (χ1v) is 8.02. The number of ether oxygens (including phenoxy) is 1. The first kappa shape index (κ1) is 16.1. The Kier molecular flexibility index (Phi) is 4.79. The number of anilines is 1. The van der Waals surface area contributed by atoms with Gasteiger partial charge >= 0.3 is 6.09 Å². The van der Waals surface area contributed by atoms with E-state index in [9.17, 15) is 9.59 Å². The molecule has 1 heterocycles. The van der Waals surface area contributed by atoms with Gasteiger partial charge in [0.25, 0.3) is 5.91 Å². The maximum absolute atomic E-state index is 12.2. The van der Waals surface area contributed by atoms with Gasteiger partial charge in [-0.3, -0.25) is 9.69 Å². The average molecular weight is 324 g/mol. The van der Waals surface area contributed by atoms with Crippen LogP contribution in [0.4, 0.5) is 10.5 Å². The molecular formula is C19H20N2O3. The highest BCUT2D eigenvalue weighted by Crippen LogP contribution is 2.22. The number of nitrogens with one attached hydrogen (secondary N) is 1. The van der Waals surface area contributed by atoms with Gasteiger partial charge in [-0.25, -0.2) is 4.79 Å². The molecule has 0 aromatic heterocycles. The summed E-state index contributed by atoms with van der Waals surface area (Å²) in [5, 5.41) is 2.89. The lowest BCUT2D eigenvalue weighted by Gasteiger charge is -2.12. The zero-order valence-corrected chi connectivity index (χ0v) is 13.6. The van der Waals surface area contributed by atoms with Crippen LogP contribution in [0.3, 0.4) is 0 Å². The summed E-state index contributed by atoms with van der Waals surface area (Å²) in [6, 6.07) is 16.9. The Balaban J connectivity index is 1.51. The molecule has 0 bridgehead atoms. The van der Waals surface area contributed by atoms with E-state index >= 15 is 0 Å². The van der Waals surface area contributed by atoms with E-state index in [0.29, 0.717) is 25.1 Å². The second-order valence-electron chi connectivity index (χ2n) is 5.81. The molecule has 24 heavy (non-hydrogen) atoms. The molecule has 0 radical (unpaired) electrons. The molecular weight excluding hydrogens is 304 g/mol. The molecule has 3 rings (SSSR count). The third-order valence-electron chi connectivity index (χ3n) is 4.08. The van der Waals surface area contributed by atoms with Gasteiger partial charge in [0.2, 0.25) is 0 Å². The summed E-state index contributed by atoms with van der Waals surface area (Å²) in [5.41, 5.74) is 2.44. The maximum atomic E-state index is 12.2. The Hall–Kier alpha value is -2.82. The molecule has 1 saturated heterocycles. The van der Waals surface area contributed by atoms with Crippen LogP contribution in [-0.4, -0.2) is 31.2 Å². The Morgan fingerprint density at radius 1 is 1.17 bits per heavy atom. The fraction of sp³-hybridized carbons (Fsp3) is 0.263. The number of carbonyl (C=O) groups excluding carboxylic acids is 2. The van der Waals surface area contributed by atoms with E-state index in [4.69, 9.17) is 4.74 Å². The van der Waals surface area contributed by atoms with E-state index in [0.717, 1.165) is 11.3 Å². The lowest BCUT2D eigenvalue weighted by atomic mass is 10.1. The summed E-state index contributed by atoms with van der Waals surface area (Å²) in [6.45, 7) is 2.88. The van der Waals surface area contributed by atoms with Crippen LogP contribution in [0, 0.1) is 6.92 Å². The van der Waals surface area contributed by atoms with Gasteiger partial charge in [-0.15, -0.1) is 0 Å². The smallest absolute Gasteiger partial charge is 0.414 e. The summed E-state index contributed by atoms with van der Waals surface area (Å²) in [5.74, 6) is -0.0997. The van der Waals surface area contributed by atoms with Crippen molar-refractivity contribution in [1.82, 2.24) is 5.32 Å². The van der Waals surface area contributed by atoms with Crippen molar-refractivity contribution in [2.75, 3.05) is 18.0 Å². The van der Waals surface area contributed by atoms with Crippen molar-refractivity contribution in [2.45, 2.75) is 19.4 Å². The SMILES string of the molecule is Cc1ccccc1C(=O)NCCC1CN(c2ccccc2)C(=O)O1. The lowest BCUT2D eigenvalue weighted by molar-refractivity contribution is 0.0943.